The second-order valence-electron chi connectivity index (χ2n) is 9.68. The van der Waals surface area contributed by atoms with Gasteiger partial charge in [-0.3, -0.25) is 9.69 Å². The van der Waals surface area contributed by atoms with E-state index in [1.807, 2.05) is 24.3 Å². The molecule has 0 spiro atoms. The third kappa shape index (κ3) is 4.35. The number of likely N-dealkylation sites (tertiary alicyclic amines) is 1. The number of benzene rings is 1. The summed E-state index contributed by atoms with van der Waals surface area (Å²) < 4.78 is 0. The van der Waals surface area contributed by atoms with Gasteiger partial charge in [0.2, 0.25) is 5.91 Å². The molecule has 2 saturated heterocycles. The maximum absolute atomic E-state index is 13.9. The molecule has 0 saturated carbocycles. The molecule has 0 unspecified atom stereocenters. The number of aryl methyl sites for hydroxylation is 1. The van der Waals surface area contributed by atoms with Crippen molar-refractivity contribution >= 4 is 23.3 Å². The van der Waals surface area contributed by atoms with Crippen LogP contribution in [0.4, 0.5) is 5.82 Å². The third-order valence-corrected chi connectivity index (χ3v) is 8.10. The lowest BCUT2D eigenvalue weighted by molar-refractivity contribution is -0.134. The van der Waals surface area contributed by atoms with Crippen molar-refractivity contribution in [2.24, 2.45) is 0 Å². The predicted molar refractivity (Wildman–Crippen MR) is 132 cm³/mol. The van der Waals surface area contributed by atoms with Crippen LogP contribution in [0, 0.1) is 0 Å². The molecule has 176 valence electrons. The molecule has 1 aliphatic carbocycles. The first kappa shape index (κ1) is 22.6. The molecule has 1 aromatic carbocycles. The van der Waals surface area contributed by atoms with Crippen LogP contribution in [0.1, 0.15) is 61.8 Å². The van der Waals surface area contributed by atoms with E-state index in [-0.39, 0.29) is 17.9 Å². The molecule has 6 nitrogen and oxygen atoms in total. The minimum Gasteiger partial charge on any atom is -0.353 e. The quantitative estimate of drug-likeness (QED) is 0.662. The summed E-state index contributed by atoms with van der Waals surface area (Å²) in [6, 6.07) is 8.17. The Morgan fingerprint density at radius 2 is 1.85 bits per heavy atom. The molecule has 2 aromatic rings. The van der Waals surface area contributed by atoms with Gasteiger partial charge < -0.3 is 9.80 Å². The third-order valence-electron chi connectivity index (χ3n) is 7.84. The van der Waals surface area contributed by atoms with E-state index < -0.39 is 0 Å². The summed E-state index contributed by atoms with van der Waals surface area (Å²) in [6.07, 6.45) is 6.12. The van der Waals surface area contributed by atoms with Crippen LogP contribution in [0.15, 0.2) is 30.6 Å². The summed E-state index contributed by atoms with van der Waals surface area (Å²) in [5, 5.41) is 0.712. The van der Waals surface area contributed by atoms with Crippen molar-refractivity contribution in [1.82, 2.24) is 19.8 Å². The molecule has 1 aromatic heterocycles. The van der Waals surface area contributed by atoms with E-state index in [9.17, 15) is 4.79 Å². The number of nitrogens with zero attached hydrogens (tertiary/aromatic N) is 5. The summed E-state index contributed by atoms with van der Waals surface area (Å²) >= 11 is 6.16. The highest BCUT2D eigenvalue weighted by Gasteiger charge is 2.39. The van der Waals surface area contributed by atoms with Gasteiger partial charge in [-0.25, -0.2) is 9.97 Å². The lowest BCUT2D eigenvalue weighted by Gasteiger charge is -2.40. The van der Waals surface area contributed by atoms with E-state index in [0.717, 1.165) is 76.3 Å². The highest BCUT2D eigenvalue weighted by Crippen LogP contribution is 2.38. The molecule has 2 aliphatic heterocycles. The first-order valence-electron chi connectivity index (χ1n) is 12.4. The first-order chi connectivity index (χ1) is 16.1. The predicted octanol–water partition coefficient (Wildman–Crippen LogP) is 4.10. The average molecular weight is 468 g/mol. The van der Waals surface area contributed by atoms with Crippen LogP contribution in [-0.4, -0.2) is 71.0 Å². The Hall–Kier alpha value is -2.18. The molecule has 5 rings (SSSR count). The fraction of sp³-hybridized carbons (Fsp3) is 0.577. The van der Waals surface area contributed by atoms with Crippen molar-refractivity contribution in [2.75, 3.05) is 44.2 Å². The molecule has 0 bridgehead atoms. The zero-order chi connectivity index (χ0) is 22.9. The molecule has 7 heteroatoms. The number of amides is 1. The Labute approximate surface area is 201 Å². The fourth-order valence-electron chi connectivity index (χ4n) is 6.03. The summed E-state index contributed by atoms with van der Waals surface area (Å²) in [7, 11) is 0. The van der Waals surface area contributed by atoms with Crippen LogP contribution in [0.25, 0.3) is 0 Å². The summed E-state index contributed by atoms with van der Waals surface area (Å²) in [4.78, 5) is 30.0. The van der Waals surface area contributed by atoms with Crippen LogP contribution in [0.3, 0.4) is 0 Å². The molecule has 3 aliphatic rings. The Balaban J connectivity index is 1.34. The second-order valence-corrected chi connectivity index (χ2v) is 10.1. The highest BCUT2D eigenvalue weighted by molar-refractivity contribution is 6.30. The van der Waals surface area contributed by atoms with Gasteiger partial charge in [0.05, 0.1) is 5.92 Å². The second kappa shape index (κ2) is 9.59. The van der Waals surface area contributed by atoms with E-state index >= 15 is 0 Å². The fourth-order valence-corrected chi connectivity index (χ4v) is 6.16. The van der Waals surface area contributed by atoms with Crippen molar-refractivity contribution in [3.63, 3.8) is 0 Å². The highest BCUT2D eigenvalue weighted by atomic mass is 35.5. The Morgan fingerprint density at radius 1 is 1.09 bits per heavy atom. The number of anilines is 1. The van der Waals surface area contributed by atoms with Crippen molar-refractivity contribution in [3.8, 4) is 0 Å². The molecule has 2 fully saturated rings. The summed E-state index contributed by atoms with van der Waals surface area (Å²) in [5.41, 5.74) is 3.61. The van der Waals surface area contributed by atoms with Crippen LogP contribution in [0.2, 0.25) is 5.02 Å². The van der Waals surface area contributed by atoms with E-state index in [1.165, 1.54) is 11.3 Å². The number of carbonyl (C=O) groups is 1. The van der Waals surface area contributed by atoms with E-state index in [0.29, 0.717) is 10.9 Å². The van der Waals surface area contributed by atoms with Crippen molar-refractivity contribution in [1.29, 1.82) is 0 Å². The first-order valence-corrected chi connectivity index (χ1v) is 12.8. The van der Waals surface area contributed by atoms with Gasteiger partial charge >= 0.3 is 0 Å². The zero-order valence-electron chi connectivity index (χ0n) is 19.7. The Bertz CT molecular complexity index is 989. The van der Waals surface area contributed by atoms with Gasteiger partial charge in [-0.2, -0.15) is 0 Å². The van der Waals surface area contributed by atoms with Gasteiger partial charge in [-0.05, 0) is 62.4 Å². The molecule has 33 heavy (non-hydrogen) atoms. The summed E-state index contributed by atoms with van der Waals surface area (Å²) in [6.45, 7) is 9.62. The van der Waals surface area contributed by atoms with Gasteiger partial charge in [0, 0.05) is 48.5 Å². The lowest BCUT2D eigenvalue weighted by atomic mass is 9.88. The minimum atomic E-state index is -0.139. The maximum Gasteiger partial charge on any atom is 0.231 e. The van der Waals surface area contributed by atoms with E-state index in [1.54, 1.807) is 6.33 Å². The van der Waals surface area contributed by atoms with Crippen LogP contribution < -0.4 is 4.90 Å². The van der Waals surface area contributed by atoms with E-state index in [4.69, 9.17) is 11.6 Å². The number of halogens is 1. The number of likely N-dealkylation sites (N-methyl/N-ethyl adjacent to an activating group) is 1. The number of aromatic nitrogens is 2. The number of piperazine rings is 1. The Kier molecular flexibility index (Phi) is 6.57. The van der Waals surface area contributed by atoms with Crippen molar-refractivity contribution < 1.29 is 4.79 Å². The molecule has 3 atom stereocenters. The lowest BCUT2D eigenvalue weighted by Crippen LogP contribution is -2.52. The van der Waals surface area contributed by atoms with Gasteiger partial charge in [0.25, 0.3) is 0 Å². The molecule has 0 N–H and O–H groups in total. The largest absolute Gasteiger partial charge is 0.353 e. The maximum atomic E-state index is 13.9. The SMILES string of the molecule is CCN1CCC[C@H]1[C@@H](C(=O)N1CCN(c2ncnc3c2[C@H](C)CC3)CC1)c1ccc(Cl)cc1. The van der Waals surface area contributed by atoms with Gasteiger partial charge in [-0.1, -0.05) is 37.6 Å². The average Bonchev–Trinajstić information content (AvgIpc) is 3.47. The molecular weight excluding hydrogens is 434 g/mol. The normalized spacial score (nSPS) is 24.2. The smallest absolute Gasteiger partial charge is 0.231 e. The minimum absolute atomic E-state index is 0.139. The van der Waals surface area contributed by atoms with Crippen molar-refractivity contribution in [3.05, 3.63) is 52.4 Å². The number of hydrogen-bond acceptors (Lipinski definition) is 5. The number of fused-ring (bicyclic) bond motifs is 1. The van der Waals surface area contributed by atoms with Crippen LogP contribution >= 0.6 is 11.6 Å². The van der Waals surface area contributed by atoms with Gasteiger partial charge in [0.15, 0.2) is 0 Å². The van der Waals surface area contributed by atoms with Crippen LogP contribution in [0.5, 0.6) is 0 Å². The number of hydrogen-bond donors (Lipinski definition) is 0. The van der Waals surface area contributed by atoms with Gasteiger partial charge in [-0.15, -0.1) is 0 Å². The number of rotatable bonds is 5. The zero-order valence-corrected chi connectivity index (χ0v) is 20.5. The molecule has 3 heterocycles. The van der Waals surface area contributed by atoms with Crippen molar-refractivity contribution in [2.45, 2.75) is 57.4 Å². The van der Waals surface area contributed by atoms with Crippen LogP contribution in [-0.2, 0) is 11.2 Å². The van der Waals surface area contributed by atoms with E-state index in [2.05, 4.69) is 38.5 Å². The summed E-state index contributed by atoms with van der Waals surface area (Å²) in [5.74, 6) is 1.70. The van der Waals surface area contributed by atoms with Gasteiger partial charge in [0.1, 0.15) is 12.1 Å². The number of carbonyl (C=O) groups excluding carboxylic acids is 1. The molecule has 1 amide bonds. The topological polar surface area (TPSA) is 52.6 Å². The monoisotopic (exact) mass is 467 g/mol. The molecular formula is C26H34ClN5O. The Morgan fingerprint density at radius 3 is 2.58 bits per heavy atom. The standard InChI is InChI=1S/C26H34ClN5O/c1-3-30-12-4-5-22(30)24(19-7-9-20(27)10-8-19)26(33)32-15-13-31(14-16-32)25-23-18(2)6-11-21(23)28-17-29-25/h7-10,17-18,22,24H,3-6,11-16H2,1-2H3/t18-,22+,24+/m1/s1. The molecule has 0 radical (unpaired) electrons.